The summed E-state index contributed by atoms with van der Waals surface area (Å²) in [5.41, 5.74) is 6.96. The smallest absolute Gasteiger partial charge is 0.330 e. The molecule has 2 N–H and O–H groups in total. The van der Waals surface area contributed by atoms with Crippen LogP contribution in [-0.4, -0.2) is 48.0 Å². The van der Waals surface area contributed by atoms with E-state index in [9.17, 15) is 9.59 Å². The van der Waals surface area contributed by atoms with Crippen molar-refractivity contribution in [2.24, 2.45) is 0 Å². The molecule has 1 unspecified atom stereocenters. The lowest BCUT2D eigenvalue weighted by atomic mass is 9.73. The molecule has 3 aromatic rings. The lowest BCUT2D eigenvalue weighted by Crippen LogP contribution is -2.51. The molecule has 0 spiro atoms. The van der Waals surface area contributed by atoms with Gasteiger partial charge in [0.05, 0.1) is 6.04 Å². The Labute approximate surface area is 226 Å². The van der Waals surface area contributed by atoms with Gasteiger partial charge in [0.1, 0.15) is 0 Å². The molecule has 0 aliphatic carbocycles. The highest BCUT2D eigenvalue weighted by atomic mass is 16.2. The second kappa shape index (κ2) is 11.0. The lowest BCUT2D eigenvalue weighted by Gasteiger charge is -2.40. The molecule has 0 bridgehead atoms. The molecule has 0 radical (unpaired) electrons. The Morgan fingerprint density at radius 3 is 2.45 bits per heavy atom. The number of rotatable bonds is 6. The Morgan fingerprint density at radius 2 is 1.71 bits per heavy atom. The maximum absolute atomic E-state index is 13.3. The molecule has 1 atom stereocenters. The number of carbonyl (C=O) groups excluding carboxylic acids is 2. The van der Waals surface area contributed by atoms with Crippen LogP contribution in [0.3, 0.4) is 0 Å². The number of likely N-dealkylation sites (tertiary alicyclic amines) is 1. The molecule has 2 aliphatic heterocycles. The highest BCUT2D eigenvalue weighted by Crippen LogP contribution is 2.38. The third kappa shape index (κ3) is 5.32. The zero-order chi connectivity index (χ0) is 26.7. The minimum atomic E-state index is -0.467. The van der Waals surface area contributed by atoms with Crippen LogP contribution in [0.1, 0.15) is 60.0 Å². The third-order valence-electron chi connectivity index (χ3n) is 8.23. The number of anilines is 1. The van der Waals surface area contributed by atoms with Crippen molar-refractivity contribution in [3.63, 3.8) is 0 Å². The molecule has 0 aromatic heterocycles. The number of carbonyl (C=O) groups is 2. The van der Waals surface area contributed by atoms with Gasteiger partial charge in [-0.25, -0.2) is 14.5 Å². The number of hydrogen-bond acceptors (Lipinski definition) is 3. The van der Waals surface area contributed by atoms with Crippen molar-refractivity contribution in [1.29, 1.82) is 0 Å². The fourth-order valence-electron chi connectivity index (χ4n) is 6.07. The summed E-state index contributed by atoms with van der Waals surface area (Å²) in [5, 5.41) is 5.89. The molecule has 1 fully saturated rings. The number of urea groups is 2. The minimum absolute atomic E-state index is 0.215. The number of imide groups is 1. The van der Waals surface area contributed by atoms with Crippen molar-refractivity contribution in [3.8, 4) is 0 Å². The van der Waals surface area contributed by atoms with Crippen LogP contribution in [0.5, 0.6) is 0 Å². The second-order valence-corrected chi connectivity index (χ2v) is 11.0. The molecule has 0 saturated carbocycles. The number of nitrogens with zero attached hydrogens (tertiary/aromatic N) is 2. The van der Waals surface area contributed by atoms with E-state index in [1.165, 1.54) is 21.6 Å². The summed E-state index contributed by atoms with van der Waals surface area (Å²) in [7, 11) is 0. The van der Waals surface area contributed by atoms with Crippen molar-refractivity contribution in [1.82, 2.24) is 15.1 Å². The van der Waals surface area contributed by atoms with Gasteiger partial charge in [0, 0.05) is 17.8 Å². The maximum Gasteiger partial charge on any atom is 0.330 e. The zero-order valence-electron chi connectivity index (χ0n) is 22.7. The molecule has 2 heterocycles. The number of piperidine rings is 1. The Balaban J connectivity index is 1.17. The molecule has 4 amide bonds. The predicted molar refractivity (Wildman–Crippen MR) is 153 cm³/mol. The number of nitrogens with one attached hydrogen (secondary N) is 2. The molecule has 198 valence electrons. The van der Waals surface area contributed by atoms with Crippen molar-refractivity contribution in [2.45, 2.75) is 51.5 Å². The normalized spacial score (nSPS) is 19.0. The third-order valence-corrected chi connectivity index (χ3v) is 8.23. The van der Waals surface area contributed by atoms with Gasteiger partial charge in [-0.05, 0) is 80.9 Å². The lowest BCUT2D eigenvalue weighted by molar-refractivity contribution is 0.164. The second-order valence-electron chi connectivity index (χ2n) is 11.0. The molecular formula is C32H38N4O2. The van der Waals surface area contributed by atoms with Gasteiger partial charge in [-0.1, -0.05) is 79.2 Å². The van der Waals surface area contributed by atoms with E-state index in [2.05, 4.69) is 54.5 Å². The monoisotopic (exact) mass is 510 g/mol. The van der Waals surface area contributed by atoms with E-state index in [0.717, 1.165) is 55.7 Å². The summed E-state index contributed by atoms with van der Waals surface area (Å²) in [6, 6.07) is 23.0. The first-order valence-electron chi connectivity index (χ1n) is 13.7. The van der Waals surface area contributed by atoms with Crippen LogP contribution in [0.25, 0.3) is 0 Å². The molecule has 5 rings (SSSR count). The van der Waals surface area contributed by atoms with Gasteiger partial charge in [-0.3, -0.25) is 0 Å². The van der Waals surface area contributed by atoms with Crippen LogP contribution in [0, 0.1) is 13.8 Å². The maximum atomic E-state index is 13.3. The number of para-hydroxylation sites is 1. The number of hydrogen-bond donors (Lipinski definition) is 2. The summed E-state index contributed by atoms with van der Waals surface area (Å²) in [6.07, 6.45) is 3.11. The average Bonchev–Trinajstić information content (AvgIpc) is 2.91. The first-order chi connectivity index (χ1) is 18.4. The summed E-state index contributed by atoms with van der Waals surface area (Å²) < 4.78 is 0. The van der Waals surface area contributed by atoms with Crippen LogP contribution in [-0.2, 0) is 5.41 Å². The van der Waals surface area contributed by atoms with Crippen molar-refractivity contribution in [3.05, 3.63) is 101 Å². The molecule has 2 aliphatic rings. The highest BCUT2D eigenvalue weighted by Gasteiger charge is 2.38. The SMILES string of the molecule is Cc1ccc(C2(C)CCN(CCCNC(=O)N3C(=O)Nc4ccccc4C3c3ccccc3)CC2)c(C)c1. The van der Waals surface area contributed by atoms with Gasteiger partial charge in [0.2, 0.25) is 0 Å². The van der Waals surface area contributed by atoms with Gasteiger partial charge >= 0.3 is 12.1 Å². The van der Waals surface area contributed by atoms with Gasteiger partial charge in [-0.15, -0.1) is 0 Å². The van der Waals surface area contributed by atoms with Gasteiger partial charge in [0.25, 0.3) is 0 Å². The largest absolute Gasteiger partial charge is 0.337 e. The van der Waals surface area contributed by atoms with E-state index in [4.69, 9.17) is 0 Å². The van der Waals surface area contributed by atoms with Crippen LogP contribution < -0.4 is 10.6 Å². The molecule has 6 nitrogen and oxygen atoms in total. The van der Waals surface area contributed by atoms with Crippen LogP contribution in [0.15, 0.2) is 72.8 Å². The molecular weight excluding hydrogens is 472 g/mol. The average molecular weight is 511 g/mol. The fraction of sp³-hybridized carbons (Fsp3) is 0.375. The van der Waals surface area contributed by atoms with E-state index in [-0.39, 0.29) is 11.4 Å². The van der Waals surface area contributed by atoms with Crippen LogP contribution in [0.4, 0.5) is 15.3 Å². The highest BCUT2D eigenvalue weighted by molar-refractivity contribution is 6.04. The van der Waals surface area contributed by atoms with E-state index < -0.39 is 12.1 Å². The first kappa shape index (κ1) is 26.0. The Bertz CT molecular complexity index is 1300. The molecule has 1 saturated heterocycles. The first-order valence-corrected chi connectivity index (χ1v) is 13.7. The van der Waals surface area contributed by atoms with E-state index >= 15 is 0 Å². The van der Waals surface area contributed by atoms with Crippen molar-refractivity contribution in [2.75, 3.05) is 31.5 Å². The standard InChI is InChI=1S/C32H38N4O2/c1-23-14-15-27(24(2)22-23)32(3)16-20-35(21-17-32)19-9-18-33-30(37)36-29(25-10-5-4-6-11-25)26-12-7-8-13-28(26)34-31(36)38/h4-8,10-15,22,29H,9,16-21H2,1-3H3,(H,33,37)(H,34,38). The number of amides is 4. The quantitative estimate of drug-likeness (QED) is 0.378. The van der Waals surface area contributed by atoms with Crippen molar-refractivity contribution < 1.29 is 9.59 Å². The number of aryl methyl sites for hydroxylation is 2. The van der Waals surface area contributed by atoms with Gasteiger partial charge in [-0.2, -0.15) is 0 Å². The number of benzene rings is 3. The summed E-state index contributed by atoms with van der Waals surface area (Å²) in [5.74, 6) is 0. The number of fused-ring (bicyclic) bond motifs is 1. The van der Waals surface area contributed by atoms with E-state index in [1.807, 2.05) is 54.6 Å². The minimum Gasteiger partial charge on any atom is -0.337 e. The Hall–Kier alpha value is -3.64. The predicted octanol–water partition coefficient (Wildman–Crippen LogP) is 6.39. The molecule has 3 aromatic carbocycles. The summed E-state index contributed by atoms with van der Waals surface area (Å²) >= 11 is 0. The summed E-state index contributed by atoms with van der Waals surface area (Å²) in [6.45, 7) is 10.3. The Morgan fingerprint density at radius 1 is 1.00 bits per heavy atom. The van der Waals surface area contributed by atoms with Gasteiger partial charge in [0.15, 0.2) is 0 Å². The van der Waals surface area contributed by atoms with Crippen LogP contribution in [0.2, 0.25) is 0 Å². The molecule has 38 heavy (non-hydrogen) atoms. The van der Waals surface area contributed by atoms with Crippen molar-refractivity contribution >= 4 is 17.7 Å². The van der Waals surface area contributed by atoms with E-state index in [0.29, 0.717) is 6.54 Å². The molecule has 6 heteroatoms. The Kier molecular flexibility index (Phi) is 7.52. The van der Waals surface area contributed by atoms with Gasteiger partial charge < -0.3 is 15.5 Å². The summed E-state index contributed by atoms with van der Waals surface area (Å²) in [4.78, 5) is 30.1. The van der Waals surface area contributed by atoms with Crippen LogP contribution >= 0.6 is 0 Å². The zero-order valence-corrected chi connectivity index (χ0v) is 22.7. The fourth-order valence-corrected chi connectivity index (χ4v) is 6.07. The topological polar surface area (TPSA) is 64.7 Å². The van der Waals surface area contributed by atoms with E-state index in [1.54, 1.807) is 0 Å².